The Kier molecular flexibility index (Phi) is 4.84. The Morgan fingerprint density at radius 1 is 1.23 bits per heavy atom. The molecule has 7 nitrogen and oxygen atoms in total. The minimum absolute atomic E-state index is 0.0140. The van der Waals surface area contributed by atoms with Gasteiger partial charge in [-0.05, 0) is 44.2 Å². The van der Waals surface area contributed by atoms with E-state index in [-0.39, 0.29) is 10.5 Å². The fraction of sp³-hybridized carbons (Fsp3) is 0.214. The van der Waals surface area contributed by atoms with Crippen molar-refractivity contribution in [2.24, 2.45) is 0 Å². The van der Waals surface area contributed by atoms with E-state index in [4.69, 9.17) is 9.15 Å². The number of benzene rings is 1. The smallest absolute Gasteiger partial charge is 0.269 e. The van der Waals surface area contributed by atoms with Crippen molar-refractivity contribution < 1.29 is 22.4 Å². The van der Waals surface area contributed by atoms with Gasteiger partial charge in [0.25, 0.3) is 15.9 Å². The maximum absolute atomic E-state index is 12.1. The number of hydrogen-bond acceptors (Lipinski definition) is 5. The van der Waals surface area contributed by atoms with Crippen molar-refractivity contribution in [2.45, 2.75) is 18.7 Å². The van der Waals surface area contributed by atoms with E-state index < -0.39 is 15.9 Å². The van der Waals surface area contributed by atoms with Crippen LogP contribution in [0.15, 0.2) is 45.9 Å². The number of carbonyl (C=O) groups excluding carboxylic acids is 1. The number of nitrogens with one attached hydrogen (secondary N) is 2. The second kappa shape index (κ2) is 6.63. The molecule has 1 amide bonds. The van der Waals surface area contributed by atoms with Gasteiger partial charge >= 0.3 is 0 Å². The third-order valence-electron chi connectivity index (χ3n) is 2.85. The van der Waals surface area contributed by atoms with E-state index in [9.17, 15) is 13.2 Å². The molecule has 2 aromatic rings. The van der Waals surface area contributed by atoms with Crippen LogP contribution in [0.25, 0.3) is 0 Å². The number of rotatable bonds is 6. The molecule has 0 aliphatic carbocycles. The Hall–Kier alpha value is -2.32. The van der Waals surface area contributed by atoms with Gasteiger partial charge in [-0.15, -0.1) is 4.83 Å². The fourth-order valence-electron chi connectivity index (χ4n) is 1.74. The summed E-state index contributed by atoms with van der Waals surface area (Å²) in [6.45, 7) is 3.93. The lowest BCUT2D eigenvalue weighted by atomic mass is 10.2. The Morgan fingerprint density at radius 3 is 2.45 bits per heavy atom. The van der Waals surface area contributed by atoms with Crippen LogP contribution in [-0.4, -0.2) is 20.9 Å². The van der Waals surface area contributed by atoms with Crippen LogP contribution in [0, 0.1) is 6.92 Å². The molecule has 0 aliphatic heterocycles. The van der Waals surface area contributed by atoms with Crippen LogP contribution >= 0.6 is 0 Å². The molecule has 0 saturated carbocycles. The minimum Gasteiger partial charge on any atom is -0.494 e. The van der Waals surface area contributed by atoms with Gasteiger partial charge in [0.2, 0.25) is 0 Å². The molecule has 2 N–H and O–H groups in total. The predicted molar refractivity (Wildman–Crippen MR) is 78.8 cm³/mol. The number of furan rings is 1. The van der Waals surface area contributed by atoms with Crippen LogP contribution in [-0.2, 0) is 10.0 Å². The first-order valence-electron chi connectivity index (χ1n) is 6.53. The maximum atomic E-state index is 12.1. The third-order valence-corrected chi connectivity index (χ3v) is 4.11. The van der Waals surface area contributed by atoms with Gasteiger partial charge in [-0.2, -0.15) is 0 Å². The molecule has 0 spiro atoms. The van der Waals surface area contributed by atoms with E-state index in [0.29, 0.717) is 18.1 Å². The van der Waals surface area contributed by atoms with E-state index in [1.165, 1.54) is 24.5 Å². The second-order valence-electron chi connectivity index (χ2n) is 4.35. The highest BCUT2D eigenvalue weighted by Gasteiger charge is 2.17. The summed E-state index contributed by atoms with van der Waals surface area (Å²) >= 11 is 0. The highest BCUT2D eigenvalue weighted by Crippen LogP contribution is 2.15. The van der Waals surface area contributed by atoms with Crippen molar-refractivity contribution in [3.05, 3.63) is 47.9 Å². The summed E-state index contributed by atoms with van der Waals surface area (Å²) in [6.07, 6.45) is 1.35. The molecule has 118 valence electrons. The fourth-order valence-corrected chi connectivity index (χ4v) is 2.58. The summed E-state index contributed by atoms with van der Waals surface area (Å²) in [5.74, 6) is 0.373. The van der Waals surface area contributed by atoms with Crippen molar-refractivity contribution in [1.82, 2.24) is 10.3 Å². The summed E-state index contributed by atoms with van der Waals surface area (Å²) in [6, 6.07) is 7.32. The van der Waals surface area contributed by atoms with Gasteiger partial charge in [0.1, 0.15) is 11.5 Å². The Labute approximate surface area is 128 Å². The average molecular weight is 324 g/mol. The van der Waals surface area contributed by atoms with Gasteiger partial charge in [-0.3, -0.25) is 10.2 Å². The van der Waals surface area contributed by atoms with Gasteiger partial charge in [0.05, 0.1) is 23.3 Å². The zero-order valence-electron chi connectivity index (χ0n) is 12.1. The number of amides is 1. The molecule has 0 unspecified atom stereocenters. The molecule has 0 saturated heterocycles. The molecule has 8 heteroatoms. The predicted octanol–water partition coefficient (Wildman–Crippen LogP) is 1.61. The van der Waals surface area contributed by atoms with Crippen molar-refractivity contribution in [2.75, 3.05) is 6.61 Å². The van der Waals surface area contributed by atoms with E-state index in [1.54, 1.807) is 19.1 Å². The van der Waals surface area contributed by atoms with Gasteiger partial charge in [-0.25, -0.2) is 8.42 Å². The third kappa shape index (κ3) is 3.66. The van der Waals surface area contributed by atoms with Crippen molar-refractivity contribution in [3.63, 3.8) is 0 Å². The van der Waals surface area contributed by atoms with Crippen LogP contribution < -0.4 is 15.0 Å². The number of hydrazine groups is 1. The van der Waals surface area contributed by atoms with Gasteiger partial charge < -0.3 is 9.15 Å². The lowest BCUT2D eigenvalue weighted by Gasteiger charge is -2.09. The Bertz CT molecular complexity index is 750. The van der Waals surface area contributed by atoms with Crippen LogP contribution in [0.2, 0.25) is 0 Å². The number of ether oxygens (including phenoxy) is 1. The number of sulfonamides is 1. The van der Waals surface area contributed by atoms with E-state index in [2.05, 4.69) is 5.43 Å². The van der Waals surface area contributed by atoms with E-state index in [0.717, 1.165) is 0 Å². The SMILES string of the molecule is CCOc1ccc(S(=O)(=O)NNC(=O)c2ccoc2C)cc1. The molecule has 0 radical (unpaired) electrons. The molecule has 1 aromatic heterocycles. The lowest BCUT2D eigenvalue weighted by molar-refractivity contribution is 0.0943. The van der Waals surface area contributed by atoms with Crippen LogP contribution in [0.1, 0.15) is 23.0 Å². The summed E-state index contributed by atoms with van der Waals surface area (Å²) in [5.41, 5.74) is 2.39. The monoisotopic (exact) mass is 324 g/mol. The molecule has 1 aromatic carbocycles. The van der Waals surface area contributed by atoms with Crippen LogP contribution in [0.5, 0.6) is 5.75 Å². The first-order valence-corrected chi connectivity index (χ1v) is 8.01. The molecule has 22 heavy (non-hydrogen) atoms. The van der Waals surface area contributed by atoms with Crippen LogP contribution in [0.4, 0.5) is 0 Å². The normalized spacial score (nSPS) is 11.2. The van der Waals surface area contributed by atoms with Crippen molar-refractivity contribution >= 4 is 15.9 Å². The first kappa shape index (κ1) is 16.1. The summed E-state index contributed by atoms with van der Waals surface area (Å²) < 4.78 is 34.4. The maximum Gasteiger partial charge on any atom is 0.269 e. The summed E-state index contributed by atoms with van der Waals surface area (Å²) in [4.78, 5) is 13.9. The minimum atomic E-state index is -3.86. The molecular weight excluding hydrogens is 308 g/mol. The average Bonchev–Trinajstić information content (AvgIpc) is 2.92. The Balaban J connectivity index is 2.05. The van der Waals surface area contributed by atoms with Gasteiger partial charge in [0.15, 0.2) is 0 Å². The summed E-state index contributed by atoms with van der Waals surface area (Å²) in [5, 5.41) is 0. The highest BCUT2D eigenvalue weighted by molar-refractivity contribution is 7.89. The Morgan fingerprint density at radius 2 is 1.91 bits per heavy atom. The zero-order valence-corrected chi connectivity index (χ0v) is 12.9. The zero-order chi connectivity index (χ0) is 16.2. The summed E-state index contributed by atoms with van der Waals surface area (Å²) in [7, 11) is -3.86. The standard InChI is InChI=1S/C14H16N2O5S/c1-3-20-11-4-6-12(7-5-11)22(18,19)16-15-14(17)13-8-9-21-10(13)2/h4-9,16H,3H2,1-2H3,(H,15,17). The molecule has 0 aliphatic rings. The van der Waals surface area contributed by atoms with E-state index >= 15 is 0 Å². The molecule has 1 heterocycles. The molecule has 0 fully saturated rings. The van der Waals surface area contributed by atoms with Gasteiger partial charge in [0, 0.05) is 0 Å². The van der Waals surface area contributed by atoms with Crippen molar-refractivity contribution in [3.8, 4) is 5.75 Å². The van der Waals surface area contributed by atoms with E-state index in [1.807, 2.05) is 11.8 Å². The topological polar surface area (TPSA) is 97.6 Å². The first-order chi connectivity index (χ1) is 10.4. The van der Waals surface area contributed by atoms with Crippen molar-refractivity contribution in [1.29, 1.82) is 0 Å². The molecule has 0 bridgehead atoms. The second-order valence-corrected chi connectivity index (χ2v) is 6.04. The largest absolute Gasteiger partial charge is 0.494 e. The lowest BCUT2D eigenvalue weighted by Crippen LogP contribution is -2.41. The van der Waals surface area contributed by atoms with Gasteiger partial charge in [-0.1, -0.05) is 0 Å². The molecule has 0 atom stereocenters. The number of aryl methyl sites for hydroxylation is 1. The van der Waals surface area contributed by atoms with Crippen LogP contribution in [0.3, 0.4) is 0 Å². The molecule has 2 rings (SSSR count). The number of carbonyl (C=O) groups is 1. The quantitative estimate of drug-likeness (QED) is 0.787. The highest BCUT2D eigenvalue weighted by atomic mass is 32.2. The molecular formula is C14H16N2O5S. The number of hydrogen-bond donors (Lipinski definition) is 2.